The Morgan fingerprint density at radius 1 is 1.14 bits per heavy atom. The van der Waals surface area contributed by atoms with E-state index in [-0.39, 0.29) is 21.9 Å². The summed E-state index contributed by atoms with van der Waals surface area (Å²) < 4.78 is 59.4. The van der Waals surface area contributed by atoms with Gasteiger partial charge in [-0.25, -0.2) is 27.1 Å². The van der Waals surface area contributed by atoms with Crippen LogP contribution in [0.1, 0.15) is 17.3 Å². The molecule has 2 rings (SSSR count). The zero-order chi connectivity index (χ0) is 21.1. The number of methoxy groups -OCH3 is 1. The SMILES string of the molecule is COc1ccc(S(N)(=O)=O)cc1C(=O)O[C@H](C)C(=O)Nc1ccc(F)cc1F. The van der Waals surface area contributed by atoms with Gasteiger partial charge in [0.25, 0.3) is 5.91 Å². The molecule has 150 valence electrons. The van der Waals surface area contributed by atoms with Crippen LogP contribution in [0.4, 0.5) is 14.5 Å². The van der Waals surface area contributed by atoms with Crippen molar-refractivity contribution in [3.63, 3.8) is 0 Å². The first-order chi connectivity index (χ1) is 13.0. The molecule has 2 aromatic rings. The molecule has 0 bridgehead atoms. The van der Waals surface area contributed by atoms with Gasteiger partial charge in [0.05, 0.1) is 17.7 Å². The minimum atomic E-state index is -4.09. The topological polar surface area (TPSA) is 125 Å². The molecule has 11 heteroatoms. The molecule has 0 radical (unpaired) electrons. The quantitative estimate of drug-likeness (QED) is 0.695. The number of carbonyl (C=O) groups excluding carboxylic acids is 2. The molecule has 0 aliphatic heterocycles. The Morgan fingerprint density at radius 2 is 1.82 bits per heavy atom. The molecule has 0 spiro atoms. The number of esters is 1. The second-order valence-corrected chi connectivity index (χ2v) is 7.13. The lowest BCUT2D eigenvalue weighted by atomic mass is 10.2. The normalized spacial score (nSPS) is 12.2. The lowest BCUT2D eigenvalue weighted by Gasteiger charge is -2.15. The van der Waals surface area contributed by atoms with Crippen LogP contribution in [0.15, 0.2) is 41.3 Å². The molecule has 0 aliphatic rings. The molecule has 28 heavy (non-hydrogen) atoms. The number of hydrogen-bond donors (Lipinski definition) is 2. The monoisotopic (exact) mass is 414 g/mol. The molecule has 0 saturated carbocycles. The Kier molecular flexibility index (Phi) is 6.31. The van der Waals surface area contributed by atoms with Gasteiger partial charge < -0.3 is 14.8 Å². The van der Waals surface area contributed by atoms with Crippen molar-refractivity contribution >= 4 is 27.6 Å². The first-order valence-corrected chi connectivity index (χ1v) is 9.25. The second kappa shape index (κ2) is 8.31. The van der Waals surface area contributed by atoms with Crippen LogP contribution in [0.5, 0.6) is 5.75 Å². The van der Waals surface area contributed by atoms with Gasteiger partial charge in [-0.2, -0.15) is 0 Å². The van der Waals surface area contributed by atoms with Crippen molar-refractivity contribution in [2.75, 3.05) is 12.4 Å². The van der Waals surface area contributed by atoms with Gasteiger partial charge in [0, 0.05) is 6.07 Å². The van der Waals surface area contributed by atoms with E-state index in [2.05, 4.69) is 5.32 Å². The van der Waals surface area contributed by atoms with Gasteiger partial charge in [0.2, 0.25) is 10.0 Å². The van der Waals surface area contributed by atoms with E-state index < -0.39 is 39.6 Å². The van der Waals surface area contributed by atoms with Crippen molar-refractivity contribution in [2.24, 2.45) is 5.14 Å². The summed E-state index contributed by atoms with van der Waals surface area (Å²) in [7, 11) is -2.85. The molecule has 0 unspecified atom stereocenters. The number of sulfonamides is 1. The minimum Gasteiger partial charge on any atom is -0.496 e. The van der Waals surface area contributed by atoms with Crippen molar-refractivity contribution in [1.29, 1.82) is 0 Å². The maximum Gasteiger partial charge on any atom is 0.342 e. The summed E-state index contributed by atoms with van der Waals surface area (Å²) in [4.78, 5) is 24.1. The molecule has 1 atom stereocenters. The molecule has 0 aliphatic carbocycles. The van der Waals surface area contributed by atoms with Crippen molar-refractivity contribution in [3.05, 3.63) is 53.6 Å². The number of nitrogens with two attached hydrogens (primary N) is 1. The number of amides is 1. The maximum atomic E-state index is 13.6. The first kappa shape index (κ1) is 21.3. The van der Waals surface area contributed by atoms with Crippen molar-refractivity contribution in [2.45, 2.75) is 17.9 Å². The summed E-state index contributed by atoms with van der Waals surface area (Å²) in [5.74, 6) is -3.79. The Bertz CT molecular complexity index is 1030. The van der Waals surface area contributed by atoms with Crippen LogP contribution in [-0.4, -0.2) is 33.5 Å². The Hall–Kier alpha value is -3.05. The van der Waals surface area contributed by atoms with Gasteiger partial charge in [-0.1, -0.05) is 0 Å². The van der Waals surface area contributed by atoms with E-state index in [9.17, 15) is 26.8 Å². The van der Waals surface area contributed by atoms with Gasteiger partial charge >= 0.3 is 5.97 Å². The number of carbonyl (C=O) groups is 2. The molecule has 0 fully saturated rings. The van der Waals surface area contributed by atoms with Crippen LogP contribution in [-0.2, 0) is 19.6 Å². The predicted octanol–water partition coefficient (Wildman–Crippen LogP) is 1.80. The number of hydrogen-bond acceptors (Lipinski definition) is 6. The largest absolute Gasteiger partial charge is 0.496 e. The van der Waals surface area contributed by atoms with Gasteiger partial charge in [-0.15, -0.1) is 0 Å². The van der Waals surface area contributed by atoms with E-state index in [1.807, 2.05) is 0 Å². The summed E-state index contributed by atoms with van der Waals surface area (Å²) in [6.07, 6.45) is -1.39. The third-order valence-corrected chi connectivity index (χ3v) is 4.47. The number of nitrogens with one attached hydrogen (secondary N) is 1. The third kappa shape index (κ3) is 5.02. The highest BCUT2D eigenvalue weighted by Gasteiger charge is 2.24. The van der Waals surface area contributed by atoms with Gasteiger partial charge in [-0.05, 0) is 37.3 Å². The fourth-order valence-electron chi connectivity index (χ4n) is 2.13. The van der Waals surface area contributed by atoms with Gasteiger partial charge in [-0.3, -0.25) is 4.79 Å². The summed E-state index contributed by atoms with van der Waals surface area (Å²) >= 11 is 0. The standard InChI is InChI=1S/C17H16F2N2O6S/c1-9(16(22)21-14-5-3-10(18)7-13(14)19)27-17(23)12-8-11(28(20,24)25)4-6-15(12)26-2/h3-9H,1-2H3,(H,21,22)(H2,20,24,25)/t9-/m1/s1. The molecule has 2 aromatic carbocycles. The lowest BCUT2D eigenvalue weighted by molar-refractivity contribution is -0.123. The van der Waals surface area contributed by atoms with Crippen molar-refractivity contribution in [1.82, 2.24) is 0 Å². The van der Waals surface area contributed by atoms with E-state index in [1.54, 1.807) is 0 Å². The highest BCUT2D eigenvalue weighted by atomic mass is 32.2. The molecule has 0 saturated heterocycles. The minimum absolute atomic E-state index is 0.00501. The number of primary sulfonamides is 1. The Morgan fingerprint density at radius 3 is 2.39 bits per heavy atom. The van der Waals surface area contributed by atoms with Crippen LogP contribution in [0.3, 0.4) is 0 Å². The number of halogens is 2. The number of anilines is 1. The van der Waals surface area contributed by atoms with Crippen molar-refractivity contribution in [3.8, 4) is 5.75 Å². The van der Waals surface area contributed by atoms with Crippen LogP contribution in [0.2, 0.25) is 0 Å². The van der Waals surface area contributed by atoms with Crippen molar-refractivity contribution < 1.29 is 36.3 Å². The number of benzene rings is 2. The van der Waals surface area contributed by atoms with E-state index >= 15 is 0 Å². The van der Waals surface area contributed by atoms with Crippen LogP contribution in [0.25, 0.3) is 0 Å². The molecule has 0 heterocycles. The molecular weight excluding hydrogens is 398 g/mol. The zero-order valence-corrected chi connectivity index (χ0v) is 15.5. The fourth-order valence-corrected chi connectivity index (χ4v) is 2.67. The average molecular weight is 414 g/mol. The second-order valence-electron chi connectivity index (χ2n) is 5.57. The van der Waals surface area contributed by atoms with E-state index in [4.69, 9.17) is 14.6 Å². The van der Waals surface area contributed by atoms with Gasteiger partial charge in [0.15, 0.2) is 6.10 Å². The van der Waals surface area contributed by atoms with Crippen LogP contribution in [0, 0.1) is 11.6 Å². The molecule has 0 aromatic heterocycles. The highest BCUT2D eigenvalue weighted by molar-refractivity contribution is 7.89. The predicted molar refractivity (Wildman–Crippen MR) is 94.2 cm³/mol. The van der Waals surface area contributed by atoms with E-state index in [0.29, 0.717) is 6.07 Å². The Labute approximate surface area is 159 Å². The van der Waals surface area contributed by atoms with Crippen LogP contribution < -0.4 is 15.2 Å². The number of rotatable bonds is 6. The summed E-state index contributed by atoms with van der Waals surface area (Å²) in [6, 6.07) is 5.82. The summed E-state index contributed by atoms with van der Waals surface area (Å²) in [6.45, 7) is 1.21. The average Bonchev–Trinajstić information content (AvgIpc) is 2.62. The fraction of sp³-hybridized carbons (Fsp3) is 0.176. The maximum absolute atomic E-state index is 13.6. The van der Waals surface area contributed by atoms with Crippen LogP contribution >= 0.6 is 0 Å². The number of ether oxygens (including phenoxy) is 2. The van der Waals surface area contributed by atoms with Gasteiger partial charge in [0.1, 0.15) is 22.9 Å². The van der Waals surface area contributed by atoms with E-state index in [1.165, 1.54) is 20.1 Å². The summed E-state index contributed by atoms with van der Waals surface area (Å²) in [5.41, 5.74) is -0.579. The highest BCUT2D eigenvalue weighted by Crippen LogP contribution is 2.23. The van der Waals surface area contributed by atoms with E-state index in [0.717, 1.165) is 24.3 Å². The Balaban J connectivity index is 2.18. The third-order valence-electron chi connectivity index (χ3n) is 3.56. The smallest absolute Gasteiger partial charge is 0.342 e. The first-order valence-electron chi connectivity index (χ1n) is 7.70. The molecular formula is C17H16F2N2O6S. The molecule has 1 amide bonds. The molecule has 8 nitrogen and oxygen atoms in total. The lowest BCUT2D eigenvalue weighted by Crippen LogP contribution is -2.30. The molecule has 3 N–H and O–H groups in total. The zero-order valence-electron chi connectivity index (χ0n) is 14.7. The summed E-state index contributed by atoms with van der Waals surface area (Å²) in [5, 5.41) is 7.18.